The van der Waals surface area contributed by atoms with Gasteiger partial charge in [-0.2, -0.15) is 8.42 Å². The third-order valence-electron chi connectivity index (χ3n) is 2.60. The number of carboxylic acid groups (broad SMARTS) is 1. The second kappa shape index (κ2) is 4.94. The lowest BCUT2D eigenvalue weighted by atomic mass is 9.85. The van der Waals surface area contributed by atoms with E-state index in [1.807, 2.05) is 0 Å². The van der Waals surface area contributed by atoms with Crippen molar-refractivity contribution in [3.8, 4) is 0 Å². The summed E-state index contributed by atoms with van der Waals surface area (Å²) in [5.74, 6) is -1.36. The molecule has 1 aliphatic carbocycles. The third-order valence-corrected chi connectivity index (χ3v) is 3.16. The molecule has 6 heteroatoms. The Bertz CT molecular complexity index is 315. The molecule has 1 aliphatic rings. The van der Waals surface area contributed by atoms with Crippen LogP contribution in [0.4, 0.5) is 0 Å². The molecule has 1 N–H and O–H groups in total. The van der Waals surface area contributed by atoms with E-state index in [0.29, 0.717) is 0 Å². The summed E-state index contributed by atoms with van der Waals surface area (Å²) in [6.45, 7) is 0. The Morgan fingerprint density at radius 2 is 1.87 bits per heavy atom. The van der Waals surface area contributed by atoms with Crippen LogP contribution in [0.5, 0.6) is 0 Å². The van der Waals surface area contributed by atoms with Crippen LogP contribution in [0.25, 0.3) is 0 Å². The molecule has 0 aromatic rings. The van der Waals surface area contributed by atoms with Gasteiger partial charge in [0.1, 0.15) is 0 Å². The van der Waals surface area contributed by atoms with Gasteiger partial charge in [0.15, 0.2) is 6.10 Å². The maximum Gasteiger partial charge on any atom is 0.334 e. The van der Waals surface area contributed by atoms with E-state index < -0.39 is 22.2 Å². The number of carboxylic acids is 1. The summed E-state index contributed by atoms with van der Waals surface area (Å²) in [7, 11) is -3.70. The fourth-order valence-electron chi connectivity index (χ4n) is 1.95. The van der Waals surface area contributed by atoms with E-state index in [4.69, 9.17) is 5.11 Å². The molecule has 5 nitrogen and oxygen atoms in total. The first-order valence-electron chi connectivity index (χ1n) is 5.01. The molecule has 1 fully saturated rings. The van der Waals surface area contributed by atoms with Gasteiger partial charge in [-0.25, -0.2) is 4.79 Å². The summed E-state index contributed by atoms with van der Waals surface area (Å²) < 4.78 is 26.4. The quantitative estimate of drug-likeness (QED) is 0.736. The van der Waals surface area contributed by atoms with Gasteiger partial charge in [-0.3, -0.25) is 4.18 Å². The number of aliphatic carboxylic acids is 1. The van der Waals surface area contributed by atoms with Gasteiger partial charge in [0, 0.05) is 0 Å². The van der Waals surface area contributed by atoms with Crippen molar-refractivity contribution in [2.75, 3.05) is 6.26 Å². The average molecular weight is 236 g/mol. The molecular weight excluding hydrogens is 220 g/mol. The molecule has 0 heterocycles. The summed E-state index contributed by atoms with van der Waals surface area (Å²) in [5.41, 5.74) is 0. The SMILES string of the molecule is CS(=O)(=O)O[C@@H](C(=O)O)C1CCCCC1. The number of hydrogen-bond donors (Lipinski definition) is 1. The third kappa shape index (κ3) is 4.17. The summed E-state index contributed by atoms with van der Waals surface area (Å²) in [5, 5.41) is 8.90. The van der Waals surface area contributed by atoms with Gasteiger partial charge >= 0.3 is 5.97 Å². The lowest BCUT2D eigenvalue weighted by Gasteiger charge is -2.26. The summed E-state index contributed by atoms with van der Waals surface area (Å²) in [6, 6.07) is 0. The monoisotopic (exact) mass is 236 g/mol. The molecule has 1 atom stereocenters. The first kappa shape index (κ1) is 12.4. The molecule has 1 saturated carbocycles. The van der Waals surface area contributed by atoms with Crippen LogP contribution in [0.15, 0.2) is 0 Å². The van der Waals surface area contributed by atoms with E-state index in [0.717, 1.165) is 38.4 Å². The highest BCUT2D eigenvalue weighted by Gasteiger charge is 2.33. The van der Waals surface area contributed by atoms with Crippen molar-refractivity contribution in [3.05, 3.63) is 0 Å². The highest BCUT2D eigenvalue weighted by molar-refractivity contribution is 7.86. The zero-order chi connectivity index (χ0) is 11.5. The molecule has 1 rings (SSSR count). The standard InChI is InChI=1S/C9H16O5S/c1-15(12,13)14-8(9(10)11)7-5-3-2-4-6-7/h7-8H,2-6H2,1H3,(H,10,11)/t8-/m1/s1. The minimum atomic E-state index is -3.70. The van der Waals surface area contributed by atoms with Crippen LogP contribution in [0.3, 0.4) is 0 Å². The van der Waals surface area contributed by atoms with Gasteiger partial charge in [0.05, 0.1) is 6.26 Å². The molecule has 0 spiro atoms. The normalized spacial score (nSPS) is 21.1. The maximum absolute atomic E-state index is 10.9. The van der Waals surface area contributed by atoms with E-state index in [2.05, 4.69) is 4.18 Å². The largest absolute Gasteiger partial charge is 0.479 e. The highest BCUT2D eigenvalue weighted by Crippen LogP contribution is 2.28. The fraction of sp³-hybridized carbons (Fsp3) is 0.889. The van der Waals surface area contributed by atoms with Crippen molar-refractivity contribution in [1.82, 2.24) is 0 Å². The molecule has 0 amide bonds. The predicted octanol–water partition coefficient (Wildman–Crippen LogP) is 0.996. The van der Waals surface area contributed by atoms with Gasteiger partial charge in [-0.05, 0) is 18.8 Å². The van der Waals surface area contributed by atoms with Gasteiger partial charge in [-0.15, -0.1) is 0 Å². The van der Waals surface area contributed by atoms with Crippen LogP contribution in [0.1, 0.15) is 32.1 Å². The molecule has 0 radical (unpaired) electrons. The van der Waals surface area contributed by atoms with Crippen LogP contribution in [-0.2, 0) is 19.1 Å². The number of rotatable bonds is 4. The topological polar surface area (TPSA) is 80.7 Å². The Morgan fingerprint density at radius 3 is 2.27 bits per heavy atom. The molecule has 0 bridgehead atoms. The average Bonchev–Trinajstić information content (AvgIpc) is 2.14. The van der Waals surface area contributed by atoms with E-state index in [-0.39, 0.29) is 5.92 Å². The molecule has 0 aliphatic heterocycles. The first-order chi connectivity index (χ1) is 6.90. The van der Waals surface area contributed by atoms with Crippen LogP contribution >= 0.6 is 0 Å². The summed E-state index contributed by atoms with van der Waals surface area (Å²) >= 11 is 0. The molecule has 0 aromatic heterocycles. The molecule has 0 saturated heterocycles. The van der Waals surface area contributed by atoms with E-state index >= 15 is 0 Å². The van der Waals surface area contributed by atoms with E-state index in [9.17, 15) is 13.2 Å². The van der Waals surface area contributed by atoms with Crippen LogP contribution in [0.2, 0.25) is 0 Å². The van der Waals surface area contributed by atoms with E-state index in [1.54, 1.807) is 0 Å². The van der Waals surface area contributed by atoms with Crippen molar-refractivity contribution >= 4 is 16.1 Å². The highest BCUT2D eigenvalue weighted by atomic mass is 32.2. The van der Waals surface area contributed by atoms with Crippen LogP contribution < -0.4 is 0 Å². The second-order valence-corrected chi connectivity index (χ2v) is 5.56. The van der Waals surface area contributed by atoms with Crippen molar-refractivity contribution in [1.29, 1.82) is 0 Å². The van der Waals surface area contributed by atoms with Crippen LogP contribution in [-0.4, -0.2) is 31.9 Å². The minimum absolute atomic E-state index is 0.175. The minimum Gasteiger partial charge on any atom is -0.479 e. The number of carbonyl (C=O) groups is 1. The van der Waals surface area contributed by atoms with Gasteiger partial charge in [-0.1, -0.05) is 19.3 Å². The smallest absolute Gasteiger partial charge is 0.334 e. The molecule has 15 heavy (non-hydrogen) atoms. The summed E-state index contributed by atoms with van der Waals surface area (Å²) in [4.78, 5) is 10.9. The Hall–Kier alpha value is -0.620. The number of hydrogen-bond acceptors (Lipinski definition) is 4. The Labute approximate surface area is 89.6 Å². The maximum atomic E-state index is 10.9. The fourth-order valence-corrected chi connectivity index (χ4v) is 2.56. The van der Waals surface area contributed by atoms with Crippen molar-refractivity contribution in [3.63, 3.8) is 0 Å². The van der Waals surface area contributed by atoms with Crippen molar-refractivity contribution < 1.29 is 22.5 Å². The van der Waals surface area contributed by atoms with E-state index in [1.165, 1.54) is 0 Å². The lowest BCUT2D eigenvalue weighted by molar-refractivity contribution is -0.148. The molecule has 0 unspecified atom stereocenters. The Kier molecular flexibility index (Phi) is 4.10. The van der Waals surface area contributed by atoms with Gasteiger partial charge in [0.2, 0.25) is 0 Å². The predicted molar refractivity (Wildman–Crippen MR) is 53.9 cm³/mol. The zero-order valence-corrected chi connectivity index (χ0v) is 9.50. The van der Waals surface area contributed by atoms with Gasteiger partial charge in [0.25, 0.3) is 10.1 Å². The van der Waals surface area contributed by atoms with Crippen molar-refractivity contribution in [2.24, 2.45) is 5.92 Å². The zero-order valence-electron chi connectivity index (χ0n) is 8.68. The van der Waals surface area contributed by atoms with Crippen LogP contribution in [0, 0.1) is 5.92 Å². The molecular formula is C9H16O5S. The molecule has 0 aromatic carbocycles. The summed E-state index contributed by atoms with van der Waals surface area (Å²) in [6.07, 6.45) is 4.11. The lowest BCUT2D eigenvalue weighted by Crippen LogP contribution is -2.35. The van der Waals surface area contributed by atoms with Gasteiger partial charge < -0.3 is 5.11 Å². The first-order valence-corrected chi connectivity index (χ1v) is 6.83. The Morgan fingerprint density at radius 1 is 1.33 bits per heavy atom. The Balaban J connectivity index is 2.68. The van der Waals surface area contributed by atoms with Crippen molar-refractivity contribution in [2.45, 2.75) is 38.2 Å². The molecule has 88 valence electrons. The second-order valence-electron chi connectivity index (χ2n) is 3.96.